The summed E-state index contributed by atoms with van der Waals surface area (Å²) in [5, 5.41) is 8.60. The van der Waals surface area contributed by atoms with Gasteiger partial charge in [0.2, 0.25) is 5.95 Å². The van der Waals surface area contributed by atoms with Crippen LogP contribution in [0.3, 0.4) is 0 Å². The van der Waals surface area contributed by atoms with Gasteiger partial charge in [-0.1, -0.05) is 11.8 Å². The lowest BCUT2D eigenvalue weighted by molar-refractivity contribution is 0.0524. The number of nitrogens with two attached hydrogens (primary N) is 1. The Morgan fingerprint density at radius 2 is 2.29 bits per heavy atom. The van der Waals surface area contributed by atoms with Gasteiger partial charge in [0.25, 0.3) is 0 Å². The molecule has 0 unspecified atom stereocenters. The van der Waals surface area contributed by atoms with Gasteiger partial charge in [-0.05, 0) is 26.8 Å². The SMILES string of the molecule is CCOC(=O)c1ccoc1CSc1nnc(N)n1C(C)C. The summed E-state index contributed by atoms with van der Waals surface area (Å²) in [5.74, 6) is 0.992. The van der Waals surface area contributed by atoms with Crippen molar-refractivity contribution in [3.63, 3.8) is 0 Å². The molecule has 8 heteroatoms. The van der Waals surface area contributed by atoms with Gasteiger partial charge in [0, 0.05) is 6.04 Å². The van der Waals surface area contributed by atoms with E-state index in [1.807, 2.05) is 18.4 Å². The van der Waals surface area contributed by atoms with E-state index in [-0.39, 0.29) is 12.0 Å². The molecule has 2 aromatic rings. The largest absolute Gasteiger partial charge is 0.468 e. The van der Waals surface area contributed by atoms with Gasteiger partial charge >= 0.3 is 5.97 Å². The van der Waals surface area contributed by atoms with Crippen LogP contribution in [0.1, 0.15) is 42.9 Å². The first-order valence-corrected chi connectivity index (χ1v) is 7.59. The molecule has 114 valence electrons. The smallest absolute Gasteiger partial charge is 0.341 e. The van der Waals surface area contributed by atoms with E-state index in [9.17, 15) is 4.79 Å². The third kappa shape index (κ3) is 3.38. The first kappa shape index (κ1) is 15.4. The molecule has 0 amide bonds. The number of rotatable bonds is 6. The van der Waals surface area contributed by atoms with Crippen molar-refractivity contribution in [1.82, 2.24) is 14.8 Å². The first-order valence-electron chi connectivity index (χ1n) is 6.61. The van der Waals surface area contributed by atoms with Crippen molar-refractivity contribution in [2.45, 2.75) is 37.7 Å². The molecular weight excluding hydrogens is 292 g/mol. The summed E-state index contributed by atoms with van der Waals surface area (Å²) < 4.78 is 12.2. The summed E-state index contributed by atoms with van der Waals surface area (Å²) in [6.07, 6.45) is 1.48. The van der Waals surface area contributed by atoms with E-state index in [4.69, 9.17) is 14.9 Å². The van der Waals surface area contributed by atoms with Crippen LogP contribution in [0.15, 0.2) is 21.9 Å². The van der Waals surface area contributed by atoms with Crippen LogP contribution < -0.4 is 5.73 Å². The molecule has 2 aromatic heterocycles. The average molecular weight is 310 g/mol. The molecule has 2 N–H and O–H groups in total. The highest BCUT2D eigenvalue weighted by Gasteiger charge is 2.18. The molecule has 7 nitrogen and oxygen atoms in total. The number of carbonyl (C=O) groups is 1. The highest BCUT2D eigenvalue weighted by Crippen LogP contribution is 2.27. The molecule has 0 aliphatic rings. The van der Waals surface area contributed by atoms with Gasteiger partial charge in [-0.2, -0.15) is 0 Å². The van der Waals surface area contributed by atoms with E-state index in [1.165, 1.54) is 18.0 Å². The Morgan fingerprint density at radius 3 is 2.95 bits per heavy atom. The van der Waals surface area contributed by atoms with Gasteiger partial charge in [0.05, 0.1) is 18.6 Å². The summed E-state index contributed by atoms with van der Waals surface area (Å²) in [5.41, 5.74) is 6.23. The predicted octanol–water partition coefficient (Wildman–Crippen LogP) is 2.50. The normalized spacial score (nSPS) is 11.0. The van der Waals surface area contributed by atoms with Crippen molar-refractivity contribution in [1.29, 1.82) is 0 Å². The molecular formula is C13H18N4O3S. The number of nitrogen functional groups attached to an aromatic ring is 1. The first-order chi connectivity index (χ1) is 10.0. The molecule has 21 heavy (non-hydrogen) atoms. The molecule has 0 spiro atoms. The third-order valence-electron chi connectivity index (χ3n) is 2.78. The fourth-order valence-corrected chi connectivity index (χ4v) is 2.87. The molecule has 0 fully saturated rings. The lowest BCUT2D eigenvalue weighted by Gasteiger charge is -2.10. The fraction of sp³-hybridized carbons (Fsp3) is 0.462. The number of aromatic nitrogens is 3. The Bertz CT molecular complexity index is 621. The van der Waals surface area contributed by atoms with Gasteiger partial charge < -0.3 is 14.9 Å². The van der Waals surface area contributed by atoms with Gasteiger partial charge in [0.1, 0.15) is 11.3 Å². The van der Waals surface area contributed by atoms with Gasteiger partial charge in [-0.15, -0.1) is 10.2 Å². The number of hydrogen-bond donors (Lipinski definition) is 1. The molecule has 0 saturated heterocycles. The third-order valence-corrected chi connectivity index (χ3v) is 3.72. The van der Waals surface area contributed by atoms with Gasteiger partial charge in [0.15, 0.2) is 5.16 Å². The summed E-state index contributed by atoms with van der Waals surface area (Å²) in [6, 6.07) is 1.76. The maximum Gasteiger partial charge on any atom is 0.341 e. The molecule has 0 bridgehead atoms. The van der Waals surface area contributed by atoms with Crippen LogP contribution in [0.25, 0.3) is 0 Å². The predicted molar refractivity (Wildman–Crippen MR) is 79.0 cm³/mol. The van der Waals surface area contributed by atoms with E-state index in [0.717, 1.165) is 0 Å². The number of nitrogens with zero attached hydrogens (tertiary/aromatic N) is 3. The van der Waals surface area contributed by atoms with Gasteiger partial charge in [-0.25, -0.2) is 4.79 Å². The molecule has 0 radical (unpaired) electrons. The second-order valence-corrected chi connectivity index (χ2v) is 5.51. The maximum atomic E-state index is 11.8. The Labute approximate surface area is 126 Å². The van der Waals surface area contributed by atoms with E-state index >= 15 is 0 Å². The summed E-state index contributed by atoms with van der Waals surface area (Å²) >= 11 is 1.41. The quantitative estimate of drug-likeness (QED) is 0.646. The molecule has 0 aliphatic heterocycles. The molecule has 0 atom stereocenters. The number of thioether (sulfide) groups is 1. The number of anilines is 1. The van der Waals surface area contributed by atoms with Crippen LogP contribution in [0.5, 0.6) is 0 Å². The Hall–Kier alpha value is -1.96. The van der Waals surface area contributed by atoms with E-state index in [1.54, 1.807) is 13.0 Å². The Kier molecular flexibility index (Phi) is 4.89. The lowest BCUT2D eigenvalue weighted by Crippen LogP contribution is -2.07. The number of esters is 1. The van der Waals surface area contributed by atoms with Crippen molar-refractivity contribution >= 4 is 23.7 Å². The average Bonchev–Trinajstić information content (AvgIpc) is 3.02. The zero-order valence-corrected chi connectivity index (χ0v) is 13.0. The Morgan fingerprint density at radius 1 is 1.52 bits per heavy atom. The lowest BCUT2D eigenvalue weighted by atomic mass is 10.3. The van der Waals surface area contributed by atoms with Crippen molar-refractivity contribution < 1.29 is 13.9 Å². The molecule has 2 rings (SSSR count). The van der Waals surface area contributed by atoms with E-state index < -0.39 is 0 Å². The van der Waals surface area contributed by atoms with Crippen molar-refractivity contribution in [2.75, 3.05) is 12.3 Å². The topological polar surface area (TPSA) is 96.2 Å². The van der Waals surface area contributed by atoms with E-state index in [0.29, 0.717) is 34.8 Å². The van der Waals surface area contributed by atoms with Crippen molar-refractivity contribution in [3.8, 4) is 0 Å². The minimum atomic E-state index is -0.383. The Balaban J connectivity index is 2.11. The van der Waals surface area contributed by atoms with Crippen LogP contribution in [-0.2, 0) is 10.5 Å². The maximum absolute atomic E-state index is 11.8. The van der Waals surface area contributed by atoms with Crippen LogP contribution in [0.2, 0.25) is 0 Å². The number of hydrogen-bond acceptors (Lipinski definition) is 7. The standard InChI is InChI=1S/C13H18N4O3S/c1-4-19-11(18)9-5-6-20-10(9)7-21-13-16-15-12(14)17(13)8(2)3/h5-6,8H,4,7H2,1-3H3,(H2,14,15). The molecule has 0 saturated carbocycles. The summed E-state index contributed by atoms with van der Waals surface area (Å²) in [6.45, 7) is 6.09. The second-order valence-electron chi connectivity index (χ2n) is 4.57. The zero-order chi connectivity index (χ0) is 15.4. The zero-order valence-electron chi connectivity index (χ0n) is 12.2. The summed E-state index contributed by atoms with van der Waals surface area (Å²) in [4.78, 5) is 11.8. The number of ether oxygens (including phenoxy) is 1. The molecule has 0 aromatic carbocycles. The van der Waals surface area contributed by atoms with Crippen molar-refractivity contribution in [3.05, 3.63) is 23.7 Å². The number of carbonyl (C=O) groups excluding carboxylic acids is 1. The van der Waals surface area contributed by atoms with E-state index in [2.05, 4.69) is 10.2 Å². The minimum Gasteiger partial charge on any atom is -0.468 e. The highest BCUT2D eigenvalue weighted by atomic mass is 32.2. The van der Waals surface area contributed by atoms with Gasteiger partial charge in [-0.3, -0.25) is 4.57 Å². The van der Waals surface area contributed by atoms with Crippen LogP contribution in [0.4, 0.5) is 5.95 Å². The summed E-state index contributed by atoms with van der Waals surface area (Å²) in [7, 11) is 0. The second kappa shape index (κ2) is 6.66. The fourth-order valence-electron chi connectivity index (χ4n) is 1.85. The van der Waals surface area contributed by atoms with Crippen LogP contribution >= 0.6 is 11.8 Å². The van der Waals surface area contributed by atoms with Crippen molar-refractivity contribution in [2.24, 2.45) is 0 Å². The monoisotopic (exact) mass is 310 g/mol. The minimum absolute atomic E-state index is 0.156. The molecule has 0 aliphatic carbocycles. The number of furan rings is 1. The van der Waals surface area contributed by atoms with Crippen LogP contribution in [0, 0.1) is 0 Å². The highest BCUT2D eigenvalue weighted by molar-refractivity contribution is 7.98. The molecule has 2 heterocycles. The van der Waals surface area contributed by atoms with Crippen LogP contribution in [-0.4, -0.2) is 27.3 Å².